The first-order valence-electron chi connectivity index (χ1n) is 7.80. The molecule has 0 bridgehead atoms. The number of nitrogens with zero attached hydrogens (tertiary/aromatic N) is 1. The molecule has 1 heterocycles. The van der Waals surface area contributed by atoms with E-state index in [1.807, 2.05) is 0 Å². The van der Waals surface area contributed by atoms with Gasteiger partial charge in [-0.2, -0.15) is 13.2 Å². The Morgan fingerprint density at radius 3 is 2.58 bits per heavy atom. The molecule has 4 nitrogen and oxygen atoms in total. The normalized spacial score (nSPS) is 22.5. The quantitative estimate of drug-likeness (QED) is 0.913. The van der Waals surface area contributed by atoms with Gasteiger partial charge in [0.1, 0.15) is 0 Å². The number of carbonyl (C=O) groups excluding carboxylic acids is 1. The van der Waals surface area contributed by atoms with E-state index in [9.17, 15) is 22.8 Å². The summed E-state index contributed by atoms with van der Waals surface area (Å²) in [6, 6.07) is 4.53. The molecule has 1 aromatic rings. The molecule has 2 rings (SSSR count). The molecule has 3 atom stereocenters. The first-order chi connectivity index (χ1) is 11.1. The molecule has 3 unspecified atom stereocenters. The number of carbonyl (C=O) groups is 2. The summed E-state index contributed by atoms with van der Waals surface area (Å²) >= 11 is 0. The van der Waals surface area contributed by atoms with Crippen LogP contribution < -0.4 is 0 Å². The Balaban J connectivity index is 2.06. The maximum atomic E-state index is 12.7. The molecule has 24 heavy (non-hydrogen) atoms. The van der Waals surface area contributed by atoms with Crippen molar-refractivity contribution < 1.29 is 27.9 Å². The minimum absolute atomic E-state index is 0.184. The fourth-order valence-electron chi connectivity index (χ4n) is 3.18. The van der Waals surface area contributed by atoms with E-state index in [1.165, 1.54) is 11.0 Å². The van der Waals surface area contributed by atoms with Gasteiger partial charge in [0.2, 0.25) is 5.91 Å². The van der Waals surface area contributed by atoms with Gasteiger partial charge in [0.05, 0.1) is 11.5 Å². The Labute approximate surface area is 138 Å². The van der Waals surface area contributed by atoms with Gasteiger partial charge >= 0.3 is 12.1 Å². The van der Waals surface area contributed by atoms with E-state index in [4.69, 9.17) is 5.11 Å². The highest BCUT2D eigenvalue weighted by Crippen LogP contribution is 2.31. The Kier molecular flexibility index (Phi) is 5.20. The van der Waals surface area contributed by atoms with Gasteiger partial charge in [-0.1, -0.05) is 25.1 Å². The van der Waals surface area contributed by atoms with E-state index < -0.39 is 35.6 Å². The molecule has 0 aliphatic carbocycles. The second-order valence-corrected chi connectivity index (χ2v) is 6.31. The van der Waals surface area contributed by atoms with Crippen LogP contribution >= 0.6 is 0 Å². The highest BCUT2D eigenvalue weighted by Gasteiger charge is 2.39. The number of hydrogen-bond donors (Lipinski definition) is 1. The second kappa shape index (κ2) is 6.83. The first-order valence-corrected chi connectivity index (χ1v) is 7.80. The molecule has 7 heteroatoms. The summed E-state index contributed by atoms with van der Waals surface area (Å²) in [5, 5.41) is 9.12. The summed E-state index contributed by atoms with van der Waals surface area (Å²) in [4.78, 5) is 25.2. The van der Waals surface area contributed by atoms with Crippen LogP contribution in [0.15, 0.2) is 24.3 Å². The van der Waals surface area contributed by atoms with Crippen molar-refractivity contribution in [1.82, 2.24) is 4.90 Å². The monoisotopic (exact) mass is 343 g/mol. The molecule has 0 spiro atoms. The van der Waals surface area contributed by atoms with Gasteiger partial charge in [-0.05, 0) is 31.4 Å². The predicted octanol–water partition coefficient (Wildman–Crippen LogP) is 3.21. The lowest BCUT2D eigenvalue weighted by atomic mass is 9.97. The Hall–Kier alpha value is -2.05. The molecule has 132 valence electrons. The number of amides is 1. The Morgan fingerprint density at radius 2 is 2.04 bits per heavy atom. The number of halogens is 3. The zero-order chi connectivity index (χ0) is 18.1. The van der Waals surface area contributed by atoms with Crippen LogP contribution in [0.2, 0.25) is 0 Å². The van der Waals surface area contributed by atoms with Crippen molar-refractivity contribution in [3.63, 3.8) is 0 Å². The van der Waals surface area contributed by atoms with Crippen LogP contribution in [0.4, 0.5) is 13.2 Å². The van der Waals surface area contributed by atoms with E-state index >= 15 is 0 Å². The van der Waals surface area contributed by atoms with Gasteiger partial charge in [0, 0.05) is 18.5 Å². The maximum Gasteiger partial charge on any atom is 0.416 e. The molecular weight excluding hydrogens is 323 g/mol. The lowest BCUT2D eigenvalue weighted by Crippen LogP contribution is -2.41. The van der Waals surface area contributed by atoms with E-state index in [1.54, 1.807) is 19.9 Å². The SMILES string of the molecule is CC(Cc1cccc(C(F)(F)F)c1)C(=O)N1CCC(C(=O)O)C1C. The summed E-state index contributed by atoms with van der Waals surface area (Å²) in [5.74, 6) is -2.25. The van der Waals surface area contributed by atoms with Crippen molar-refractivity contribution in [3.8, 4) is 0 Å². The number of rotatable bonds is 4. The van der Waals surface area contributed by atoms with Crippen molar-refractivity contribution in [3.05, 3.63) is 35.4 Å². The number of aliphatic carboxylic acids is 1. The van der Waals surface area contributed by atoms with Gasteiger partial charge < -0.3 is 10.0 Å². The molecule has 1 aromatic carbocycles. The number of carboxylic acid groups (broad SMARTS) is 1. The van der Waals surface area contributed by atoms with Crippen molar-refractivity contribution in [2.24, 2.45) is 11.8 Å². The fourth-order valence-corrected chi connectivity index (χ4v) is 3.18. The van der Waals surface area contributed by atoms with Crippen LogP contribution in [0.5, 0.6) is 0 Å². The number of carboxylic acids is 1. The summed E-state index contributed by atoms with van der Waals surface area (Å²) in [6.45, 7) is 3.72. The summed E-state index contributed by atoms with van der Waals surface area (Å²) in [5.41, 5.74) is -0.299. The maximum absolute atomic E-state index is 12.7. The summed E-state index contributed by atoms with van der Waals surface area (Å²) < 4.78 is 38.2. The average Bonchev–Trinajstić information content (AvgIpc) is 2.87. The lowest BCUT2D eigenvalue weighted by Gasteiger charge is -2.26. The zero-order valence-electron chi connectivity index (χ0n) is 13.5. The van der Waals surface area contributed by atoms with Gasteiger partial charge in [-0.15, -0.1) is 0 Å². The van der Waals surface area contributed by atoms with Crippen LogP contribution in [0.3, 0.4) is 0 Å². The van der Waals surface area contributed by atoms with Crippen molar-refractivity contribution >= 4 is 11.9 Å². The van der Waals surface area contributed by atoms with Crippen LogP contribution in [0, 0.1) is 11.8 Å². The van der Waals surface area contributed by atoms with Crippen LogP contribution in [-0.2, 0) is 22.2 Å². The van der Waals surface area contributed by atoms with Crippen molar-refractivity contribution in [1.29, 1.82) is 0 Å². The number of likely N-dealkylation sites (tertiary alicyclic amines) is 1. The standard InChI is InChI=1S/C17H20F3NO3/c1-10(8-12-4-3-5-13(9-12)17(18,19)20)15(22)21-7-6-14(11(21)2)16(23)24/h3-5,9-11,14H,6-8H2,1-2H3,(H,23,24). The van der Waals surface area contributed by atoms with Gasteiger partial charge in [0.15, 0.2) is 0 Å². The number of alkyl halides is 3. The highest BCUT2D eigenvalue weighted by atomic mass is 19.4. The third-order valence-corrected chi connectivity index (χ3v) is 4.57. The second-order valence-electron chi connectivity index (χ2n) is 6.31. The Bertz CT molecular complexity index is 630. The van der Waals surface area contributed by atoms with Crippen molar-refractivity contribution in [2.75, 3.05) is 6.54 Å². The van der Waals surface area contributed by atoms with Crippen molar-refractivity contribution in [2.45, 2.75) is 38.9 Å². The molecule has 1 aliphatic heterocycles. The van der Waals surface area contributed by atoms with Crippen LogP contribution in [-0.4, -0.2) is 34.5 Å². The molecule has 0 saturated carbocycles. The molecule has 1 fully saturated rings. The average molecular weight is 343 g/mol. The molecule has 0 radical (unpaired) electrons. The third kappa shape index (κ3) is 3.88. The fraction of sp³-hybridized carbons (Fsp3) is 0.529. The number of benzene rings is 1. The molecule has 1 amide bonds. The predicted molar refractivity (Wildman–Crippen MR) is 81.2 cm³/mol. The molecule has 0 aromatic heterocycles. The summed E-state index contributed by atoms with van der Waals surface area (Å²) in [6.07, 6.45) is -3.83. The van der Waals surface area contributed by atoms with Gasteiger partial charge in [0.25, 0.3) is 0 Å². The Morgan fingerprint density at radius 1 is 1.38 bits per heavy atom. The zero-order valence-corrected chi connectivity index (χ0v) is 13.5. The molecule has 1 aliphatic rings. The lowest BCUT2D eigenvalue weighted by molar-refractivity contribution is -0.143. The van der Waals surface area contributed by atoms with Crippen LogP contribution in [0.1, 0.15) is 31.4 Å². The number of hydrogen-bond acceptors (Lipinski definition) is 2. The highest BCUT2D eigenvalue weighted by molar-refractivity contribution is 5.81. The molecular formula is C17H20F3NO3. The third-order valence-electron chi connectivity index (χ3n) is 4.57. The first kappa shape index (κ1) is 18.3. The minimum Gasteiger partial charge on any atom is -0.481 e. The van der Waals surface area contributed by atoms with E-state index in [0.717, 1.165) is 12.1 Å². The minimum atomic E-state index is -4.42. The van der Waals surface area contributed by atoms with Crippen LogP contribution in [0.25, 0.3) is 0 Å². The smallest absolute Gasteiger partial charge is 0.416 e. The van der Waals surface area contributed by atoms with E-state index in [2.05, 4.69) is 0 Å². The van der Waals surface area contributed by atoms with Gasteiger partial charge in [-0.3, -0.25) is 9.59 Å². The van der Waals surface area contributed by atoms with E-state index in [-0.39, 0.29) is 12.3 Å². The largest absolute Gasteiger partial charge is 0.481 e. The molecule has 1 saturated heterocycles. The topological polar surface area (TPSA) is 57.6 Å². The van der Waals surface area contributed by atoms with Gasteiger partial charge in [-0.25, -0.2) is 0 Å². The molecule has 1 N–H and O–H groups in total. The van der Waals surface area contributed by atoms with E-state index in [0.29, 0.717) is 18.5 Å². The summed E-state index contributed by atoms with van der Waals surface area (Å²) in [7, 11) is 0.